The van der Waals surface area contributed by atoms with Gasteiger partial charge in [-0.3, -0.25) is 0 Å². The molecule has 0 saturated carbocycles. The highest BCUT2D eigenvalue weighted by Gasteiger charge is 2.44. The smallest absolute Gasteiger partial charge is 0.144 e. The Bertz CT molecular complexity index is 334. The van der Waals surface area contributed by atoms with E-state index in [1.807, 2.05) is 0 Å². The highest BCUT2D eigenvalue weighted by Crippen LogP contribution is 2.30. The number of H-pyrrole nitrogens is 1. The number of ether oxygens (including phenoxy) is 1. The van der Waals surface area contributed by atoms with Crippen LogP contribution >= 0.6 is 12.4 Å². The molecule has 8 heteroatoms. The molecular weight excluding hydrogens is 252 g/mol. The van der Waals surface area contributed by atoms with Crippen LogP contribution in [-0.4, -0.2) is 61.4 Å². The Morgan fingerprint density at radius 2 is 1.94 bits per heavy atom. The van der Waals surface area contributed by atoms with Crippen LogP contribution < -0.4 is 0 Å². The van der Waals surface area contributed by atoms with Gasteiger partial charge in [0.2, 0.25) is 0 Å². The average molecular weight is 267 g/mol. The number of hydrogen-bond acceptors (Lipinski definition) is 6. The van der Waals surface area contributed by atoms with Gasteiger partial charge < -0.3 is 30.1 Å². The molecule has 0 spiro atoms. The zero-order chi connectivity index (χ0) is 11.7. The number of imidazole rings is 1. The number of rotatable bonds is 2. The summed E-state index contributed by atoms with van der Waals surface area (Å²) in [5.41, 5.74) is 0. The second-order valence-corrected chi connectivity index (χ2v) is 3.72. The lowest BCUT2D eigenvalue weighted by Gasteiger charge is -2.39. The minimum absolute atomic E-state index is 0. The van der Waals surface area contributed by atoms with Crippen LogP contribution in [0.5, 0.6) is 0 Å². The normalized spacial score (nSPS) is 37.5. The van der Waals surface area contributed by atoms with Crippen LogP contribution in [0.25, 0.3) is 0 Å². The minimum Gasteiger partial charge on any atom is -0.394 e. The topological polar surface area (TPSA) is 119 Å². The third-order valence-electron chi connectivity index (χ3n) is 2.68. The van der Waals surface area contributed by atoms with E-state index in [-0.39, 0.29) is 12.4 Å². The molecule has 0 amide bonds. The first-order valence-corrected chi connectivity index (χ1v) is 4.95. The SMILES string of the molecule is Cl.OC[C@H]1O[C@H](c2ncc[nH]2)[C@H](O)[C@@H](O)[C@@H]1O. The van der Waals surface area contributed by atoms with Gasteiger partial charge >= 0.3 is 0 Å². The number of aromatic nitrogens is 2. The number of aromatic amines is 1. The van der Waals surface area contributed by atoms with Crippen LogP contribution in [0.1, 0.15) is 11.9 Å². The van der Waals surface area contributed by atoms with Gasteiger partial charge in [-0.1, -0.05) is 0 Å². The van der Waals surface area contributed by atoms with Crippen molar-refractivity contribution in [1.29, 1.82) is 0 Å². The van der Waals surface area contributed by atoms with E-state index in [1.165, 1.54) is 6.20 Å². The van der Waals surface area contributed by atoms with Crippen molar-refractivity contribution in [2.24, 2.45) is 0 Å². The molecule has 1 aliphatic heterocycles. The molecule has 17 heavy (non-hydrogen) atoms. The number of aliphatic hydroxyl groups is 4. The summed E-state index contributed by atoms with van der Waals surface area (Å²) in [5.74, 6) is 0.344. The lowest BCUT2D eigenvalue weighted by molar-refractivity contribution is -0.233. The summed E-state index contributed by atoms with van der Waals surface area (Å²) in [4.78, 5) is 6.65. The third-order valence-corrected chi connectivity index (χ3v) is 2.68. The van der Waals surface area contributed by atoms with Crippen LogP contribution in [0.15, 0.2) is 12.4 Å². The van der Waals surface area contributed by atoms with Gasteiger partial charge in [-0.25, -0.2) is 4.98 Å². The molecule has 0 bridgehead atoms. The molecule has 1 fully saturated rings. The van der Waals surface area contributed by atoms with Crippen LogP contribution in [0, 0.1) is 0 Å². The molecule has 2 rings (SSSR count). The molecule has 7 nitrogen and oxygen atoms in total. The van der Waals surface area contributed by atoms with Crippen LogP contribution in [0.2, 0.25) is 0 Å². The number of nitrogens with zero attached hydrogens (tertiary/aromatic N) is 1. The van der Waals surface area contributed by atoms with Crippen molar-refractivity contribution in [2.75, 3.05) is 6.61 Å². The summed E-state index contributed by atoms with van der Waals surface area (Å²) in [6.45, 7) is -0.442. The van der Waals surface area contributed by atoms with Gasteiger partial charge in [-0.15, -0.1) is 12.4 Å². The van der Waals surface area contributed by atoms with Crippen molar-refractivity contribution in [1.82, 2.24) is 9.97 Å². The maximum Gasteiger partial charge on any atom is 0.144 e. The van der Waals surface area contributed by atoms with Crippen molar-refractivity contribution < 1.29 is 25.2 Å². The number of halogens is 1. The van der Waals surface area contributed by atoms with Crippen molar-refractivity contribution in [2.45, 2.75) is 30.5 Å². The number of hydrogen-bond donors (Lipinski definition) is 5. The highest BCUT2D eigenvalue weighted by atomic mass is 35.5. The van der Waals surface area contributed by atoms with Crippen molar-refractivity contribution >= 4 is 12.4 Å². The van der Waals surface area contributed by atoms with Crippen molar-refractivity contribution in [3.63, 3.8) is 0 Å². The highest BCUT2D eigenvalue weighted by molar-refractivity contribution is 5.85. The average Bonchev–Trinajstić information content (AvgIpc) is 2.80. The maximum absolute atomic E-state index is 9.72. The van der Waals surface area contributed by atoms with E-state index in [2.05, 4.69) is 9.97 Å². The zero-order valence-corrected chi connectivity index (χ0v) is 9.62. The van der Waals surface area contributed by atoms with E-state index in [0.717, 1.165) is 0 Å². The second-order valence-electron chi connectivity index (χ2n) is 3.72. The van der Waals surface area contributed by atoms with Crippen LogP contribution in [0.3, 0.4) is 0 Å². The molecule has 0 aromatic carbocycles. The molecule has 1 saturated heterocycles. The Balaban J connectivity index is 0.00000144. The Labute approximate surface area is 103 Å². The zero-order valence-electron chi connectivity index (χ0n) is 8.80. The fourth-order valence-corrected chi connectivity index (χ4v) is 1.76. The van der Waals surface area contributed by atoms with Gasteiger partial charge in [0, 0.05) is 12.4 Å². The molecule has 98 valence electrons. The van der Waals surface area contributed by atoms with Crippen LogP contribution in [-0.2, 0) is 4.74 Å². The minimum atomic E-state index is -1.37. The quantitative estimate of drug-likeness (QED) is 0.437. The Morgan fingerprint density at radius 1 is 1.24 bits per heavy atom. The fraction of sp³-hybridized carbons (Fsp3) is 0.667. The van der Waals surface area contributed by atoms with Gasteiger partial charge in [-0.05, 0) is 0 Å². The first-order chi connectivity index (χ1) is 7.65. The van der Waals surface area contributed by atoms with E-state index in [1.54, 1.807) is 6.20 Å². The standard InChI is InChI=1S/C9H14N2O5.ClH/c12-3-4-5(13)6(14)7(15)8(16-4)9-10-1-2-11-9;/h1-2,4-8,12-15H,3H2,(H,10,11);1H/t4-,5-,6+,7-,8+;/m1./s1. The maximum atomic E-state index is 9.72. The van der Waals surface area contributed by atoms with E-state index < -0.39 is 37.1 Å². The van der Waals surface area contributed by atoms with E-state index in [0.29, 0.717) is 5.82 Å². The molecule has 0 aliphatic carbocycles. The number of aliphatic hydroxyl groups excluding tert-OH is 4. The van der Waals surface area contributed by atoms with Gasteiger partial charge in [0.1, 0.15) is 36.3 Å². The monoisotopic (exact) mass is 266 g/mol. The van der Waals surface area contributed by atoms with Gasteiger partial charge in [0.05, 0.1) is 6.61 Å². The largest absolute Gasteiger partial charge is 0.394 e. The third kappa shape index (κ3) is 2.59. The predicted molar refractivity (Wildman–Crippen MR) is 58.6 cm³/mol. The molecule has 1 aromatic rings. The summed E-state index contributed by atoms with van der Waals surface area (Å²) >= 11 is 0. The predicted octanol–water partition coefficient (Wildman–Crippen LogP) is -1.65. The van der Waals surface area contributed by atoms with Crippen molar-refractivity contribution in [3.8, 4) is 0 Å². The molecule has 0 unspecified atom stereocenters. The molecule has 1 aliphatic rings. The molecule has 0 radical (unpaired) electrons. The first-order valence-electron chi connectivity index (χ1n) is 4.95. The van der Waals surface area contributed by atoms with E-state index >= 15 is 0 Å². The Morgan fingerprint density at radius 3 is 2.47 bits per heavy atom. The number of nitrogens with one attached hydrogen (secondary N) is 1. The summed E-state index contributed by atoms with van der Waals surface area (Å²) in [6, 6.07) is 0. The molecule has 2 heterocycles. The summed E-state index contributed by atoms with van der Waals surface area (Å²) in [6.07, 6.45) is -2.76. The first kappa shape index (κ1) is 14.4. The second kappa shape index (κ2) is 5.76. The summed E-state index contributed by atoms with van der Waals surface area (Å²) in [7, 11) is 0. The lowest BCUT2D eigenvalue weighted by Crippen LogP contribution is -2.55. The summed E-state index contributed by atoms with van der Waals surface area (Å²) in [5, 5.41) is 37.8. The van der Waals surface area contributed by atoms with Crippen molar-refractivity contribution in [3.05, 3.63) is 18.2 Å². The fourth-order valence-electron chi connectivity index (χ4n) is 1.76. The van der Waals surface area contributed by atoms with Gasteiger partial charge in [-0.2, -0.15) is 0 Å². The molecule has 5 N–H and O–H groups in total. The lowest BCUT2D eigenvalue weighted by atomic mass is 9.95. The molecule has 5 atom stereocenters. The molecule has 1 aromatic heterocycles. The Hall–Kier alpha value is -0.700. The van der Waals surface area contributed by atoms with Gasteiger partial charge in [0.25, 0.3) is 0 Å². The molecular formula is C9H15ClN2O5. The Kier molecular flexibility index (Phi) is 4.87. The summed E-state index contributed by atoms with van der Waals surface area (Å²) < 4.78 is 5.27. The van der Waals surface area contributed by atoms with Gasteiger partial charge in [0.15, 0.2) is 0 Å². The van der Waals surface area contributed by atoms with Crippen LogP contribution in [0.4, 0.5) is 0 Å². The van der Waals surface area contributed by atoms with E-state index in [4.69, 9.17) is 9.84 Å². The van der Waals surface area contributed by atoms with E-state index in [9.17, 15) is 15.3 Å².